The topological polar surface area (TPSA) is 4.93 Å². The van der Waals surface area contributed by atoms with Crippen LogP contribution in [0.4, 0.5) is 0 Å². The Kier molecular flexibility index (Phi) is 6.63. The number of para-hydroxylation sites is 1. The van der Waals surface area contributed by atoms with Gasteiger partial charge >= 0.3 is 0 Å². The summed E-state index contributed by atoms with van der Waals surface area (Å²) in [5.74, 6) is 0. The molecular weight excluding hydrogens is 611 g/mol. The molecule has 2 heterocycles. The standard InChI is InChI=1S/C47H33NS/c1-2-11-32(12-3-1)35-25-26-41-40-16-6-8-19-44(40)48(45(41)29-35)37-28-36(47-43(30-37)42-17-7-9-20-46(42)49-47)27-31-21-23-34(24-22-31)39-18-10-14-33-13-4-5-15-38(33)39/h1-6,8,10-26,28-30H,7,9,27H2. The zero-order valence-electron chi connectivity index (χ0n) is 27.1. The van der Waals surface area contributed by atoms with E-state index < -0.39 is 0 Å². The number of aromatic nitrogens is 1. The second-order valence-corrected chi connectivity index (χ2v) is 14.3. The molecule has 0 bridgehead atoms. The molecule has 0 radical (unpaired) electrons. The summed E-state index contributed by atoms with van der Waals surface area (Å²) in [5.41, 5.74) is 11.4. The van der Waals surface area contributed by atoms with Crippen LogP contribution in [0.3, 0.4) is 0 Å². The van der Waals surface area contributed by atoms with Gasteiger partial charge in [-0.2, -0.15) is 0 Å². The fourth-order valence-corrected chi connectivity index (χ4v) is 9.18. The number of thiophene rings is 1. The van der Waals surface area contributed by atoms with Gasteiger partial charge in [0, 0.05) is 31.1 Å². The van der Waals surface area contributed by atoms with Crippen LogP contribution in [0.2, 0.25) is 0 Å². The highest BCUT2D eigenvalue weighted by Crippen LogP contribution is 2.37. The smallest absolute Gasteiger partial charge is 0.0547 e. The van der Waals surface area contributed by atoms with E-state index in [0.29, 0.717) is 0 Å². The third-order valence-corrected chi connectivity index (χ3v) is 11.5. The van der Waals surface area contributed by atoms with E-state index in [4.69, 9.17) is 0 Å². The maximum Gasteiger partial charge on any atom is 0.0547 e. The second kappa shape index (κ2) is 11.5. The first-order valence-corrected chi connectivity index (χ1v) is 18.0. The van der Waals surface area contributed by atoms with Crippen molar-refractivity contribution in [1.82, 2.24) is 4.57 Å². The van der Waals surface area contributed by atoms with Crippen molar-refractivity contribution in [2.45, 2.75) is 19.3 Å². The van der Waals surface area contributed by atoms with Crippen LogP contribution in [-0.2, 0) is 6.42 Å². The minimum Gasteiger partial charge on any atom is -0.309 e. The maximum absolute atomic E-state index is 2.50. The van der Waals surface area contributed by atoms with Gasteiger partial charge in [-0.1, -0.05) is 140 Å². The van der Waals surface area contributed by atoms with Gasteiger partial charge in [0.05, 0.1) is 11.0 Å². The van der Waals surface area contributed by atoms with Crippen molar-refractivity contribution in [3.63, 3.8) is 0 Å². The monoisotopic (exact) mass is 643 g/mol. The molecular formula is C47H33NS. The van der Waals surface area contributed by atoms with Crippen molar-refractivity contribution < 1.29 is 0 Å². The fourth-order valence-electron chi connectivity index (χ4n) is 7.91. The zero-order chi connectivity index (χ0) is 32.3. The first kappa shape index (κ1) is 28.3. The molecule has 0 saturated carbocycles. The lowest BCUT2D eigenvalue weighted by atomic mass is 9.96. The molecule has 2 aromatic heterocycles. The molecule has 232 valence electrons. The van der Waals surface area contributed by atoms with Crippen LogP contribution in [-0.4, -0.2) is 4.57 Å². The van der Waals surface area contributed by atoms with E-state index >= 15 is 0 Å². The average Bonchev–Trinajstić information content (AvgIpc) is 3.71. The minimum atomic E-state index is 0.881. The number of fused-ring (bicyclic) bond motifs is 7. The summed E-state index contributed by atoms with van der Waals surface area (Å²) in [6.07, 6.45) is 8.00. The minimum absolute atomic E-state index is 0.881. The summed E-state index contributed by atoms with van der Waals surface area (Å²) in [7, 11) is 0. The van der Waals surface area contributed by atoms with Crippen molar-refractivity contribution in [2.75, 3.05) is 0 Å². The summed E-state index contributed by atoms with van der Waals surface area (Å²) in [6.45, 7) is 0. The first-order chi connectivity index (χ1) is 24.3. The molecule has 0 fully saturated rings. The zero-order valence-corrected chi connectivity index (χ0v) is 27.9. The van der Waals surface area contributed by atoms with Gasteiger partial charge in [0.2, 0.25) is 0 Å². The third-order valence-electron chi connectivity index (χ3n) is 10.3. The van der Waals surface area contributed by atoms with Crippen LogP contribution in [0.15, 0.2) is 152 Å². The van der Waals surface area contributed by atoms with E-state index in [9.17, 15) is 0 Å². The Bertz CT molecular complexity index is 2830. The Morgan fingerprint density at radius 1 is 0.510 bits per heavy atom. The van der Waals surface area contributed by atoms with Gasteiger partial charge in [-0.25, -0.2) is 0 Å². The van der Waals surface area contributed by atoms with Gasteiger partial charge in [-0.15, -0.1) is 11.3 Å². The fraction of sp³-hybridized carbons (Fsp3) is 0.0638. The Hall–Kier alpha value is -5.70. The highest BCUT2D eigenvalue weighted by molar-refractivity contribution is 7.17. The summed E-state index contributed by atoms with van der Waals surface area (Å²) in [6, 6.07) is 56.0. The Morgan fingerprint density at radius 2 is 1.24 bits per heavy atom. The number of nitrogens with zero attached hydrogens (tertiary/aromatic N) is 1. The molecule has 0 aliphatic heterocycles. The van der Waals surface area contributed by atoms with E-state index in [1.165, 1.54) is 91.5 Å². The Morgan fingerprint density at radius 3 is 2.14 bits per heavy atom. The lowest BCUT2D eigenvalue weighted by molar-refractivity contribution is 1.13. The summed E-state index contributed by atoms with van der Waals surface area (Å²) >= 11 is 1.96. The first-order valence-electron chi connectivity index (χ1n) is 17.2. The van der Waals surface area contributed by atoms with Crippen LogP contribution in [0.25, 0.3) is 82.8 Å². The van der Waals surface area contributed by atoms with Crippen LogP contribution in [0, 0.1) is 0 Å². The molecule has 0 amide bonds. The Labute approximate surface area is 289 Å². The van der Waals surface area contributed by atoms with Crippen molar-refractivity contribution >= 4 is 66.2 Å². The van der Waals surface area contributed by atoms with Crippen molar-refractivity contribution in [1.29, 1.82) is 0 Å². The predicted molar refractivity (Wildman–Crippen MR) is 211 cm³/mol. The van der Waals surface area contributed by atoms with Crippen molar-refractivity contribution in [3.05, 3.63) is 173 Å². The van der Waals surface area contributed by atoms with Gasteiger partial charge < -0.3 is 4.57 Å². The number of hydrogen-bond acceptors (Lipinski definition) is 1. The second-order valence-electron chi connectivity index (χ2n) is 13.2. The maximum atomic E-state index is 2.50. The van der Waals surface area contributed by atoms with Crippen LogP contribution in [0.5, 0.6) is 0 Å². The molecule has 10 rings (SSSR count). The number of hydrogen-bond donors (Lipinski definition) is 0. The molecule has 0 N–H and O–H groups in total. The largest absolute Gasteiger partial charge is 0.309 e. The summed E-state index contributed by atoms with van der Waals surface area (Å²) in [4.78, 5) is 0. The highest BCUT2D eigenvalue weighted by Gasteiger charge is 2.17. The van der Waals surface area contributed by atoms with E-state index in [1.54, 1.807) is 0 Å². The molecule has 1 aliphatic carbocycles. The van der Waals surface area contributed by atoms with Crippen molar-refractivity contribution in [3.8, 4) is 27.9 Å². The SMILES string of the molecule is C1=c2sc3c(Cc4ccc(-c5cccc6ccccc56)cc4)cc(-n4c5ccccc5c5ccc(-c6ccccc6)cc54)cc3c2=CCC1. The molecule has 1 nitrogen and oxygen atoms in total. The molecule has 0 atom stereocenters. The van der Waals surface area contributed by atoms with Crippen LogP contribution < -0.4 is 9.75 Å². The molecule has 9 aromatic rings. The Balaban J connectivity index is 1.15. The molecule has 0 spiro atoms. The van der Waals surface area contributed by atoms with E-state index in [2.05, 4.69) is 168 Å². The average molecular weight is 644 g/mol. The normalized spacial score (nSPS) is 12.7. The predicted octanol–water partition coefficient (Wildman–Crippen LogP) is 11.4. The van der Waals surface area contributed by atoms with Gasteiger partial charge in [-0.05, 0) is 92.9 Å². The van der Waals surface area contributed by atoms with Crippen molar-refractivity contribution in [2.24, 2.45) is 0 Å². The van der Waals surface area contributed by atoms with Gasteiger partial charge in [-0.3, -0.25) is 0 Å². The summed E-state index contributed by atoms with van der Waals surface area (Å²) < 4.78 is 5.33. The lowest BCUT2D eigenvalue weighted by Crippen LogP contribution is -2.20. The van der Waals surface area contributed by atoms with Gasteiger partial charge in [0.25, 0.3) is 0 Å². The molecule has 0 unspecified atom stereocenters. The van der Waals surface area contributed by atoms with Crippen LogP contribution in [0.1, 0.15) is 24.0 Å². The summed E-state index contributed by atoms with van der Waals surface area (Å²) in [5, 5.41) is 7.93. The third kappa shape index (κ3) is 4.75. The molecule has 1 aliphatic rings. The lowest BCUT2D eigenvalue weighted by Gasteiger charge is -2.13. The quantitative estimate of drug-likeness (QED) is 0.176. The molecule has 49 heavy (non-hydrogen) atoms. The molecule has 7 aromatic carbocycles. The number of benzene rings is 7. The van der Waals surface area contributed by atoms with Gasteiger partial charge in [0.1, 0.15) is 0 Å². The number of rotatable bonds is 5. The van der Waals surface area contributed by atoms with E-state index in [-0.39, 0.29) is 0 Å². The molecule has 2 heteroatoms. The van der Waals surface area contributed by atoms with E-state index in [0.717, 1.165) is 19.3 Å². The highest BCUT2D eigenvalue weighted by atomic mass is 32.1. The van der Waals surface area contributed by atoms with Crippen LogP contribution >= 0.6 is 11.3 Å². The van der Waals surface area contributed by atoms with Gasteiger partial charge in [0.15, 0.2) is 0 Å². The molecule has 0 saturated heterocycles. The van der Waals surface area contributed by atoms with E-state index in [1.807, 2.05) is 11.3 Å².